The smallest absolute Gasteiger partial charge is 0.238 e. The fourth-order valence-corrected chi connectivity index (χ4v) is 5.75. The number of hydrogen-bond acceptors (Lipinski definition) is 3. The number of amides is 1. The van der Waals surface area contributed by atoms with Gasteiger partial charge in [0, 0.05) is 10.6 Å². The molecule has 0 heterocycles. The first-order valence-corrected chi connectivity index (χ1v) is 9.26. The Kier molecular flexibility index (Phi) is 4.16. The van der Waals surface area contributed by atoms with Crippen LogP contribution in [0.4, 0.5) is 4.39 Å². The second-order valence-electron chi connectivity index (χ2n) is 6.16. The van der Waals surface area contributed by atoms with Crippen LogP contribution in [0.25, 0.3) is 0 Å². The molecule has 0 aliphatic heterocycles. The van der Waals surface area contributed by atoms with Crippen molar-refractivity contribution in [1.29, 1.82) is 0 Å². The van der Waals surface area contributed by atoms with Crippen LogP contribution >= 0.6 is 11.6 Å². The molecule has 1 aromatic carbocycles. The molecule has 0 spiro atoms. The number of benzene rings is 1. The third-order valence-corrected chi connectivity index (χ3v) is 6.97. The number of carbonyl (C=O) groups is 1. The summed E-state index contributed by atoms with van der Waals surface area (Å²) in [5.74, 6) is -0.746. The molecule has 2 fully saturated rings. The lowest BCUT2D eigenvalue weighted by molar-refractivity contribution is -0.118. The number of sulfonamides is 1. The minimum atomic E-state index is -3.70. The van der Waals surface area contributed by atoms with Crippen LogP contribution in [-0.2, 0) is 21.2 Å². The molecular formula is C15H17ClFNO3S. The van der Waals surface area contributed by atoms with Crippen LogP contribution in [0.2, 0.25) is 5.02 Å². The quantitative estimate of drug-likeness (QED) is 0.912. The monoisotopic (exact) mass is 345 g/mol. The van der Waals surface area contributed by atoms with Gasteiger partial charge in [0.15, 0.2) is 0 Å². The summed E-state index contributed by atoms with van der Waals surface area (Å²) in [6, 6.07) is 4.10. The second kappa shape index (κ2) is 5.81. The molecule has 120 valence electrons. The van der Waals surface area contributed by atoms with Crippen molar-refractivity contribution in [3.8, 4) is 0 Å². The Morgan fingerprint density at radius 3 is 2.68 bits per heavy atom. The zero-order chi connectivity index (χ0) is 15.9. The Hall–Kier alpha value is -1.14. The summed E-state index contributed by atoms with van der Waals surface area (Å²) >= 11 is 5.85. The summed E-state index contributed by atoms with van der Waals surface area (Å²) in [4.78, 5) is 12.0. The van der Waals surface area contributed by atoms with Crippen molar-refractivity contribution in [3.05, 3.63) is 34.6 Å². The average molecular weight is 346 g/mol. The molecule has 1 N–H and O–H groups in total. The highest BCUT2D eigenvalue weighted by Gasteiger charge is 2.46. The van der Waals surface area contributed by atoms with Crippen molar-refractivity contribution in [3.63, 3.8) is 0 Å². The predicted molar refractivity (Wildman–Crippen MR) is 81.4 cm³/mol. The van der Waals surface area contributed by atoms with Crippen LogP contribution < -0.4 is 4.72 Å². The van der Waals surface area contributed by atoms with E-state index in [2.05, 4.69) is 4.72 Å². The SMILES string of the molecule is O=C(Cc1c(F)cccc1Cl)NS(=O)(=O)C1C[C@@H]2CC[C@H]1C2. The number of hydrogen-bond donors (Lipinski definition) is 1. The fourth-order valence-electron chi connectivity index (χ4n) is 3.70. The van der Waals surface area contributed by atoms with Crippen LogP contribution in [0.5, 0.6) is 0 Å². The number of carbonyl (C=O) groups excluding carboxylic acids is 1. The number of halogens is 2. The highest BCUT2D eigenvalue weighted by atomic mass is 35.5. The topological polar surface area (TPSA) is 63.2 Å². The lowest BCUT2D eigenvalue weighted by Crippen LogP contribution is -2.41. The lowest BCUT2D eigenvalue weighted by atomic mass is 10.0. The van der Waals surface area contributed by atoms with Gasteiger partial charge in [0.1, 0.15) is 5.82 Å². The molecule has 2 bridgehead atoms. The van der Waals surface area contributed by atoms with Crippen LogP contribution in [0.15, 0.2) is 18.2 Å². The van der Waals surface area contributed by atoms with Gasteiger partial charge in [-0.25, -0.2) is 12.8 Å². The summed E-state index contributed by atoms with van der Waals surface area (Å²) in [6.07, 6.45) is 3.15. The van der Waals surface area contributed by atoms with E-state index in [1.807, 2.05) is 0 Å². The molecule has 2 aliphatic rings. The molecule has 2 saturated carbocycles. The number of rotatable bonds is 4. The van der Waals surface area contributed by atoms with Crippen LogP contribution in [-0.4, -0.2) is 19.6 Å². The van der Waals surface area contributed by atoms with Gasteiger partial charge in [0.05, 0.1) is 11.7 Å². The van der Waals surface area contributed by atoms with Crippen molar-refractivity contribution in [1.82, 2.24) is 4.72 Å². The molecule has 1 amide bonds. The van der Waals surface area contributed by atoms with Crippen molar-refractivity contribution in [2.75, 3.05) is 0 Å². The normalized spacial score (nSPS) is 27.1. The van der Waals surface area contributed by atoms with Gasteiger partial charge >= 0.3 is 0 Å². The Morgan fingerprint density at radius 2 is 2.09 bits per heavy atom. The Morgan fingerprint density at radius 1 is 1.32 bits per heavy atom. The number of fused-ring (bicyclic) bond motifs is 2. The molecule has 0 radical (unpaired) electrons. The maximum Gasteiger partial charge on any atom is 0.238 e. The maximum absolute atomic E-state index is 13.7. The Bertz CT molecular complexity index is 686. The van der Waals surface area contributed by atoms with E-state index >= 15 is 0 Å². The van der Waals surface area contributed by atoms with Gasteiger partial charge in [-0.1, -0.05) is 24.1 Å². The highest BCUT2D eigenvalue weighted by Crippen LogP contribution is 2.47. The largest absolute Gasteiger partial charge is 0.274 e. The fraction of sp³-hybridized carbons (Fsp3) is 0.533. The van der Waals surface area contributed by atoms with Crippen LogP contribution in [0.3, 0.4) is 0 Å². The molecule has 3 atom stereocenters. The Labute approximate surface area is 134 Å². The molecule has 0 saturated heterocycles. The second-order valence-corrected chi connectivity index (χ2v) is 8.47. The molecule has 22 heavy (non-hydrogen) atoms. The van der Waals surface area contributed by atoms with Gasteiger partial charge in [-0.05, 0) is 43.2 Å². The van der Waals surface area contributed by atoms with Crippen molar-refractivity contribution >= 4 is 27.5 Å². The molecular weight excluding hydrogens is 329 g/mol. The van der Waals surface area contributed by atoms with Crippen molar-refractivity contribution in [2.45, 2.75) is 37.4 Å². The first-order valence-electron chi connectivity index (χ1n) is 7.34. The van der Waals surface area contributed by atoms with E-state index in [1.54, 1.807) is 0 Å². The van der Waals surface area contributed by atoms with E-state index in [-0.39, 0.29) is 22.9 Å². The third kappa shape index (κ3) is 2.99. The van der Waals surface area contributed by atoms with Gasteiger partial charge in [-0.3, -0.25) is 9.52 Å². The maximum atomic E-state index is 13.7. The standard InChI is InChI=1S/C15H17ClFNO3S/c16-12-2-1-3-13(17)11(12)8-15(19)18-22(20,21)14-7-9-4-5-10(14)6-9/h1-3,9-10,14H,4-8H2,(H,18,19)/t9-,10+,14?/m1/s1. The molecule has 2 aliphatic carbocycles. The summed E-state index contributed by atoms with van der Waals surface area (Å²) in [6.45, 7) is 0. The van der Waals surface area contributed by atoms with Crippen molar-refractivity contribution in [2.24, 2.45) is 11.8 Å². The summed E-state index contributed by atoms with van der Waals surface area (Å²) in [5.41, 5.74) is 0.0183. The van der Waals surface area contributed by atoms with E-state index in [0.29, 0.717) is 12.3 Å². The Balaban J connectivity index is 1.69. The van der Waals surface area contributed by atoms with Crippen LogP contribution in [0, 0.1) is 17.7 Å². The molecule has 7 heteroatoms. The lowest BCUT2D eigenvalue weighted by Gasteiger charge is -2.22. The van der Waals surface area contributed by atoms with E-state index in [0.717, 1.165) is 19.3 Å². The van der Waals surface area contributed by atoms with E-state index in [9.17, 15) is 17.6 Å². The summed E-state index contributed by atoms with van der Waals surface area (Å²) in [5, 5.41) is -0.376. The minimum Gasteiger partial charge on any atom is -0.274 e. The first kappa shape index (κ1) is 15.7. The molecule has 0 aromatic heterocycles. The molecule has 4 nitrogen and oxygen atoms in total. The summed E-state index contributed by atoms with van der Waals surface area (Å²) < 4.78 is 40.4. The molecule has 3 rings (SSSR count). The van der Waals surface area contributed by atoms with Crippen molar-refractivity contribution < 1.29 is 17.6 Å². The van der Waals surface area contributed by atoms with Gasteiger partial charge in [0.2, 0.25) is 15.9 Å². The highest BCUT2D eigenvalue weighted by molar-refractivity contribution is 7.90. The molecule has 1 unspecified atom stereocenters. The number of nitrogens with one attached hydrogen (secondary N) is 1. The minimum absolute atomic E-state index is 0.0183. The average Bonchev–Trinajstić information content (AvgIpc) is 3.05. The van der Waals surface area contributed by atoms with Gasteiger partial charge in [-0.15, -0.1) is 0 Å². The van der Waals surface area contributed by atoms with Gasteiger partial charge < -0.3 is 0 Å². The third-order valence-electron chi connectivity index (χ3n) is 4.73. The first-order chi connectivity index (χ1) is 10.4. The van der Waals surface area contributed by atoms with Gasteiger partial charge in [-0.2, -0.15) is 0 Å². The molecule has 1 aromatic rings. The van der Waals surface area contributed by atoms with E-state index < -0.39 is 27.0 Å². The van der Waals surface area contributed by atoms with Gasteiger partial charge in [0.25, 0.3) is 0 Å². The van der Waals surface area contributed by atoms with E-state index in [1.165, 1.54) is 18.2 Å². The van der Waals surface area contributed by atoms with E-state index in [4.69, 9.17) is 11.6 Å². The zero-order valence-corrected chi connectivity index (χ0v) is 13.5. The predicted octanol–water partition coefficient (Wildman–Crippen LogP) is 2.66. The zero-order valence-electron chi connectivity index (χ0n) is 11.9. The summed E-state index contributed by atoms with van der Waals surface area (Å²) in [7, 11) is -3.70. The van der Waals surface area contributed by atoms with Crippen LogP contribution in [0.1, 0.15) is 31.2 Å².